The Morgan fingerprint density at radius 2 is 1.82 bits per heavy atom. The summed E-state index contributed by atoms with van der Waals surface area (Å²) in [6.45, 7) is 4.58. The SMILES string of the molecule is CCCC(CC)=C1CCCC1. The lowest BCUT2D eigenvalue weighted by molar-refractivity contribution is 0.827. The fourth-order valence-electron chi connectivity index (χ4n) is 2.06. The molecule has 1 aliphatic rings. The van der Waals surface area contributed by atoms with Gasteiger partial charge in [-0.1, -0.05) is 31.4 Å². The molecular weight excluding hydrogens is 132 g/mol. The van der Waals surface area contributed by atoms with Crippen molar-refractivity contribution in [1.29, 1.82) is 0 Å². The van der Waals surface area contributed by atoms with Crippen LogP contribution in [0.25, 0.3) is 0 Å². The van der Waals surface area contributed by atoms with Crippen molar-refractivity contribution in [1.82, 2.24) is 0 Å². The molecule has 1 rings (SSSR count). The second kappa shape index (κ2) is 4.58. The topological polar surface area (TPSA) is 0 Å². The van der Waals surface area contributed by atoms with E-state index in [1.165, 1.54) is 44.9 Å². The average molecular weight is 152 g/mol. The van der Waals surface area contributed by atoms with Crippen LogP contribution in [0.2, 0.25) is 0 Å². The van der Waals surface area contributed by atoms with E-state index in [0.717, 1.165) is 0 Å². The third kappa shape index (κ3) is 2.36. The van der Waals surface area contributed by atoms with E-state index in [0.29, 0.717) is 0 Å². The van der Waals surface area contributed by atoms with Crippen LogP contribution >= 0.6 is 0 Å². The van der Waals surface area contributed by atoms with Gasteiger partial charge in [0.25, 0.3) is 0 Å². The molecule has 0 atom stereocenters. The van der Waals surface area contributed by atoms with Crippen LogP contribution in [-0.2, 0) is 0 Å². The summed E-state index contributed by atoms with van der Waals surface area (Å²) in [6.07, 6.45) is 9.68. The first kappa shape index (κ1) is 8.83. The van der Waals surface area contributed by atoms with Crippen LogP contribution < -0.4 is 0 Å². The molecule has 0 saturated heterocycles. The minimum atomic E-state index is 1.29. The summed E-state index contributed by atoms with van der Waals surface area (Å²) in [7, 11) is 0. The van der Waals surface area contributed by atoms with Gasteiger partial charge in [-0.25, -0.2) is 0 Å². The molecule has 0 unspecified atom stereocenters. The van der Waals surface area contributed by atoms with Gasteiger partial charge in [-0.2, -0.15) is 0 Å². The maximum atomic E-state index is 2.30. The van der Waals surface area contributed by atoms with Gasteiger partial charge in [0, 0.05) is 0 Å². The molecule has 0 heteroatoms. The summed E-state index contributed by atoms with van der Waals surface area (Å²) < 4.78 is 0. The Bertz CT molecular complexity index is 134. The summed E-state index contributed by atoms with van der Waals surface area (Å²) in [5.41, 5.74) is 3.57. The van der Waals surface area contributed by atoms with Crippen LogP contribution in [0.4, 0.5) is 0 Å². The third-order valence-electron chi connectivity index (χ3n) is 2.69. The summed E-state index contributed by atoms with van der Waals surface area (Å²) in [5, 5.41) is 0. The quantitative estimate of drug-likeness (QED) is 0.535. The van der Waals surface area contributed by atoms with E-state index in [-0.39, 0.29) is 0 Å². The highest BCUT2D eigenvalue weighted by molar-refractivity contribution is 5.16. The van der Waals surface area contributed by atoms with Gasteiger partial charge in [-0.05, 0) is 38.5 Å². The molecule has 0 heterocycles. The Morgan fingerprint density at radius 3 is 2.27 bits per heavy atom. The molecule has 0 N–H and O–H groups in total. The Hall–Kier alpha value is -0.260. The lowest BCUT2D eigenvalue weighted by atomic mass is 10.0. The van der Waals surface area contributed by atoms with Crippen LogP contribution in [0, 0.1) is 0 Å². The Labute approximate surface area is 70.7 Å². The van der Waals surface area contributed by atoms with Gasteiger partial charge in [-0.15, -0.1) is 0 Å². The van der Waals surface area contributed by atoms with Crippen LogP contribution in [0.1, 0.15) is 58.8 Å². The number of hydrogen-bond donors (Lipinski definition) is 0. The molecule has 0 aromatic heterocycles. The zero-order valence-electron chi connectivity index (χ0n) is 7.95. The van der Waals surface area contributed by atoms with Crippen molar-refractivity contribution in [3.8, 4) is 0 Å². The van der Waals surface area contributed by atoms with Crippen molar-refractivity contribution in [3.05, 3.63) is 11.1 Å². The van der Waals surface area contributed by atoms with Crippen molar-refractivity contribution in [2.45, 2.75) is 58.8 Å². The molecule has 64 valence electrons. The maximum absolute atomic E-state index is 2.30. The van der Waals surface area contributed by atoms with E-state index in [9.17, 15) is 0 Å². The van der Waals surface area contributed by atoms with Crippen LogP contribution in [0.3, 0.4) is 0 Å². The predicted octanol–water partition coefficient (Wildman–Crippen LogP) is 4.07. The zero-order valence-corrected chi connectivity index (χ0v) is 7.95. The predicted molar refractivity (Wildman–Crippen MR) is 50.7 cm³/mol. The molecule has 0 bridgehead atoms. The summed E-state index contributed by atoms with van der Waals surface area (Å²) >= 11 is 0. The van der Waals surface area contributed by atoms with Crippen molar-refractivity contribution in [2.24, 2.45) is 0 Å². The highest BCUT2D eigenvalue weighted by atomic mass is 14.2. The molecule has 0 aliphatic heterocycles. The molecule has 1 aliphatic carbocycles. The first-order valence-electron chi connectivity index (χ1n) is 5.08. The number of rotatable bonds is 3. The molecule has 0 amide bonds. The summed E-state index contributed by atoms with van der Waals surface area (Å²) in [5.74, 6) is 0. The molecule has 1 saturated carbocycles. The van der Waals surface area contributed by atoms with Crippen LogP contribution in [-0.4, -0.2) is 0 Å². The van der Waals surface area contributed by atoms with E-state index >= 15 is 0 Å². The average Bonchev–Trinajstić information content (AvgIpc) is 2.52. The van der Waals surface area contributed by atoms with Gasteiger partial charge in [0.15, 0.2) is 0 Å². The van der Waals surface area contributed by atoms with Gasteiger partial charge in [0.1, 0.15) is 0 Å². The van der Waals surface area contributed by atoms with Crippen molar-refractivity contribution in [2.75, 3.05) is 0 Å². The van der Waals surface area contributed by atoms with Gasteiger partial charge < -0.3 is 0 Å². The fraction of sp³-hybridized carbons (Fsp3) is 0.818. The molecule has 0 nitrogen and oxygen atoms in total. The number of allylic oxidation sites excluding steroid dienone is 2. The first-order valence-corrected chi connectivity index (χ1v) is 5.08. The lowest BCUT2D eigenvalue weighted by Gasteiger charge is -2.06. The Kier molecular flexibility index (Phi) is 3.68. The summed E-state index contributed by atoms with van der Waals surface area (Å²) in [6, 6.07) is 0. The second-order valence-electron chi connectivity index (χ2n) is 3.52. The van der Waals surface area contributed by atoms with E-state index < -0.39 is 0 Å². The largest absolute Gasteiger partial charge is 0.0713 e. The molecule has 0 spiro atoms. The van der Waals surface area contributed by atoms with Gasteiger partial charge in [-0.3, -0.25) is 0 Å². The minimum absolute atomic E-state index is 1.29. The zero-order chi connectivity index (χ0) is 8.10. The van der Waals surface area contributed by atoms with E-state index in [2.05, 4.69) is 13.8 Å². The lowest BCUT2D eigenvalue weighted by Crippen LogP contribution is -1.86. The van der Waals surface area contributed by atoms with Crippen molar-refractivity contribution in [3.63, 3.8) is 0 Å². The molecule has 0 aromatic carbocycles. The summed E-state index contributed by atoms with van der Waals surface area (Å²) in [4.78, 5) is 0. The van der Waals surface area contributed by atoms with Crippen LogP contribution in [0.15, 0.2) is 11.1 Å². The van der Waals surface area contributed by atoms with Gasteiger partial charge in [0.2, 0.25) is 0 Å². The molecule has 1 fully saturated rings. The third-order valence-corrected chi connectivity index (χ3v) is 2.69. The highest BCUT2D eigenvalue weighted by Gasteiger charge is 2.10. The normalized spacial score (nSPS) is 17.5. The second-order valence-corrected chi connectivity index (χ2v) is 3.52. The van der Waals surface area contributed by atoms with Gasteiger partial charge in [0.05, 0.1) is 0 Å². The van der Waals surface area contributed by atoms with E-state index in [1.54, 1.807) is 11.1 Å². The van der Waals surface area contributed by atoms with E-state index in [1.807, 2.05) is 0 Å². The monoisotopic (exact) mass is 152 g/mol. The van der Waals surface area contributed by atoms with Crippen LogP contribution in [0.5, 0.6) is 0 Å². The Morgan fingerprint density at radius 1 is 1.18 bits per heavy atom. The van der Waals surface area contributed by atoms with Crippen molar-refractivity contribution < 1.29 is 0 Å². The standard InChI is InChI=1S/C11H20/c1-3-7-10(4-2)11-8-5-6-9-11/h3-9H2,1-2H3. The van der Waals surface area contributed by atoms with Crippen molar-refractivity contribution >= 4 is 0 Å². The number of hydrogen-bond acceptors (Lipinski definition) is 0. The smallest absolute Gasteiger partial charge is 0.0318 e. The maximum Gasteiger partial charge on any atom is -0.0318 e. The fourth-order valence-corrected chi connectivity index (χ4v) is 2.06. The minimum Gasteiger partial charge on any atom is -0.0713 e. The molecular formula is C11H20. The highest BCUT2D eigenvalue weighted by Crippen LogP contribution is 2.29. The molecule has 0 radical (unpaired) electrons. The van der Waals surface area contributed by atoms with E-state index in [4.69, 9.17) is 0 Å². The molecule has 0 aromatic rings. The molecule has 11 heavy (non-hydrogen) atoms. The first-order chi connectivity index (χ1) is 5.38. The Balaban J connectivity index is 2.54. The van der Waals surface area contributed by atoms with Gasteiger partial charge >= 0.3 is 0 Å².